The molecule has 0 spiro atoms. The summed E-state index contributed by atoms with van der Waals surface area (Å²) in [6.07, 6.45) is 3.74. The van der Waals surface area contributed by atoms with Crippen LogP contribution in [0, 0.1) is 0 Å². The molecule has 98 valence electrons. The van der Waals surface area contributed by atoms with Crippen molar-refractivity contribution in [1.82, 2.24) is 0 Å². The van der Waals surface area contributed by atoms with Crippen LogP contribution in [-0.4, -0.2) is 7.11 Å². The van der Waals surface area contributed by atoms with Gasteiger partial charge in [0.25, 0.3) is 0 Å². The highest BCUT2D eigenvalue weighted by Crippen LogP contribution is 2.22. The summed E-state index contributed by atoms with van der Waals surface area (Å²) in [6, 6.07) is 16.4. The molecule has 0 saturated carbocycles. The van der Waals surface area contributed by atoms with E-state index in [1.165, 1.54) is 17.2 Å². The fourth-order valence-corrected chi connectivity index (χ4v) is 1.96. The molecule has 2 rings (SSSR count). The minimum Gasteiger partial charge on any atom is -0.497 e. The van der Waals surface area contributed by atoms with Crippen molar-refractivity contribution in [1.29, 1.82) is 0 Å². The minimum absolute atomic E-state index is 0.603. The number of hydrogen-bond acceptors (Lipinski definition) is 1. The first-order valence-electron chi connectivity index (χ1n) is 6.32. The fourth-order valence-electron chi connectivity index (χ4n) is 1.96. The van der Waals surface area contributed by atoms with Crippen molar-refractivity contribution in [3.05, 3.63) is 66.5 Å². The largest absolute Gasteiger partial charge is 0.497 e. The summed E-state index contributed by atoms with van der Waals surface area (Å²) in [7, 11) is 1.66. The lowest BCUT2D eigenvalue weighted by molar-refractivity contribution is 0.415. The smallest absolute Gasteiger partial charge is 0.118 e. The summed E-state index contributed by atoms with van der Waals surface area (Å²) in [5, 5.41) is 0. The Morgan fingerprint density at radius 3 is 2.05 bits per heavy atom. The number of rotatable bonds is 5. The third-order valence-corrected chi connectivity index (χ3v) is 3.07. The molecule has 0 aliphatic rings. The van der Waals surface area contributed by atoms with Gasteiger partial charge in [-0.1, -0.05) is 42.5 Å². The minimum atomic E-state index is 0.603. The van der Waals surface area contributed by atoms with Gasteiger partial charge in [0.1, 0.15) is 5.75 Å². The first-order chi connectivity index (χ1) is 9.33. The van der Waals surface area contributed by atoms with Crippen LogP contribution in [0.1, 0.15) is 12.0 Å². The summed E-state index contributed by atoms with van der Waals surface area (Å²) in [4.78, 5) is 0. The third kappa shape index (κ3) is 3.68. The number of halogens is 1. The van der Waals surface area contributed by atoms with E-state index in [1.54, 1.807) is 7.11 Å². The van der Waals surface area contributed by atoms with Crippen molar-refractivity contribution in [2.24, 2.45) is 0 Å². The predicted octanol–water partition coefficient (Wildman–Crippen LogP) is 4.78. The van der Waals surface area contributed by atoms with E-state index in [0.29, 0.717) is 6.33 Å². The quantitative estimate of drug-likeness (QED) is 0.748. The van der Waals surface area contributed by atoms with Gasteiger partial charge in [0.15, 0.2) is 0 Å². The van der Waals surface area contributed by atoms with E-state index in [4.69, 9.17) is 4.74 Å². The Kier molecular flexibility index (Phi) is 4.73. The molecule has 1 nitrogen and oxygen atoms in total. The van der Waals surface area contributed by atoms with Crippen molar-refractivity contribution in [3.8, 4) is 16.9 Å². The third-order valence-electron chi connectivity index (χ3n) is 3.07. The lowest BCUT2D eigenvalue weighted by Gasteiger charge is -2.05. The topological polar surface area (TPSA) is 9.23 Å². The van der Waals surface area contributed by atoms with Gasteiger partial charge < -0.3 is 4.74 Å². The molecule has 0 amide bonds. The maximum atomic E-state index is 11.9. The molecular weight excluding hydrogens is 239 g/mol. The van der Waals surface area contributed by atoms with Gasteiger partial charge in [0.2, 0.25) is 0 Å². The lowest BCUT2D eigenvalue weighted by Crippen LogP contribution is -1.85. The highest BCUT2D eigenvalue weighted by molar-refractivity contribution is 5.64. The molecule has 0 radical (unpaired) electrons. The molecule has 2 heteroatoms. The lowest BCUT2D eigenvalue weighted by atomic mass is 10.0. The summed E-state index contributed by atoms with van der Waals surface area (Å²) in [5.74, 6) is 0.860. The standard InChI is InChI=1S/C17H17FO/c1-19-17-11-9-16(10-12-17)15-7-5-14(6-8-15)4-2-3-13-18/h3,5-13H,2,4H2,1H3. The zero-order valence-electron chi connectivity index (χ0n) is 11.0. The Morgan fingerprint density at radius 2 is 1.53 bits per heavy atom. The van der Waals surface area contributed by atoms with Gasteiger partial charge in [-0.25, -0.2) is 4.39 Å². The molecule has 2 aromatic carbocycles. The molecule has 0 aliphatic heterocycles. The molecule has 0 saturated heterocycles. The van der Waals surface area contributed by atoms with E-state index in [1.807, 2.05) is 24.3 Å². The average Bonchev–Trinajstić information content (AvgIpc) is 2.48. The van der Waals surface area contributed by atoms with Crippen molar-refractivity contribution in [2.45, 2.75) is 12.8 Å². The van der Waals surface area contributed by atoms with E-state index in [0.717, 1.165) is 24.2 Å². The van der Waals surface area contributed by atoms with Crippen LogP contribution in [0.25, 0.3) is 11.1 Å². The summed E-state index contributed by atoms with van der Waals surface area (Å²) >= 11 is 0. The number of aryl methyl sites for hydroxylation is 1. The Hall–Kier alpha value is -2.09. The van der Waals surface area contributed by atoms with Crippen molar-refractivity contribution >= 4 is 0 Å². The monoisotopic (exact) mass is 256 g/mol. The van der Waals surface area contributed by atoms with Crippen molar-refractivity contribution < 1.29 is 9.13 Å². The molecule has 0 heterocycles. The van der Waals surface area contributed by atoms with Crippen LogP contribution < -0.4 is 4.74 Å². The fraction of sp³-hybridized carbons (Fsp3) is 0.176. The number of allylic oxidation sites excluding steroid dienone is 1. The maximum absolute atomic E-state index is 11.9. The van der Waals surface area contributed by atoms with Crippen LogP contribution in [0.3, 0.4) is 0 Å². The second-order valence-electron chi connectivity index (χ2n) is 4.33. The molecule has 19 heavy (non-hydrogen) atoms. The Morgan fingerprint density at radius 1 is 0.947 bits per heavy atom. The Balaban J connectivity index is 2.08. The van der Waals surface area contributed by atoms with Gasteiger partial charge in [-0.2, -0.15) is 0 Å². The molecule has 0 unspecified atom stereocenters. The normalized spacial score (nSPS) is 10.8. The second kappa shape index (κ2) is 6.74. The van der Waals surface area contributed by atoms with E-state index in [9.17, 15) is 4.39 Å². The van der Waals surface area contributed by atoms with Gasteiger partial charge in [-0.15, -0.1) is 0 Å². The van der Waals surface area contributed by atoms with E-state index < -0.39 is 0 Å². The molecule has 0 fully saturated rings. The highest BCUT2D eigenvalue weighted by Gasteiger charge is 1.99. The van der Waals surface area contributed by atoms with Crippen LogP contribution >= 0.6 is 0 Å². The first kappa shape index (κ1) is 13.3. The van der Waals surface area contributed by atoms with Gasteiger partial charge >= 0.3 is 0 Å². The van der Waals surface area contributed by atoms with Gasteiger partial charge in [0.05, 0.1) is 13.4 Å². The highest BCUT2D eigenvalue weighted by atomic mass is 19.1. The number of hydrogen-bond donors (Lipinski definition) is 0. The molecule has 0 atom stereocenters. The zero-order valence-corrected chi connectivity index (χ0v) is 11.0. The SMILES string of the molecule is COc1ccc(-c2ccc(CCC=CF)cc2)cc1. The van der Waals surface area contributed by atoms with Gasteiger partial charge in [-0.3, -0.25) is 0 Å². The van der Waals surface area contributed by atoms with Crippen LogP contribution in [0.4, 0.5) is 4.39 Å². The Labute approximate surface area is 113 Å². The molecule has 0 aliphatic carbocycles. The molecule has 0 aromatic heterocycles. The summed E-state index contributed by atoms with van der Waals surface area (Å²) in [5.41, 5.74) is 3.55. The van der Waals surface area contributed by atoms with Gasteiger partial charge in [0, 0.05) is 0 Å². The maximum Gasteiger partial charge on any atom is 0.118 e. The van der Waals surface area contributed by atoms with E-state index >= 15 is 0 Å². The van der Waals surface area contributed by atoms with Crippen LogP contribution in [0.15, 0.2) is 60.9 Å². The molecule has 0 bridgehead atoms. The first-order valence-corrected chi connectivity index (χ1v) is 6.32. The number of ether oxygens (including phenoxy) is 1. The number of methoxy groups -OCH3 is 1. The predicted molar refractivity (Wildman–Crippen MR) is 77.0 cm³/mol. The van der Waals surface area contributed by atoms with Crippen molar-refractivity contribution in [2.75, 3.05) is 7.11 Å². The van der Waals surface area contributed by atoms with E-state index in [2.05, 4.69) is 24.3 Å². The van der Waals surface area contributed by atoms with E-state index in [-0.39, 0.29) is 0 Å². The Bertz CT molecular complexity index is 526. The summed E-state index contributed by atoms with van der Waals surface area (Å²) < 4.78 is 17.0. The van der Waals surface area contributed by atoms with Crippen LogP contribution in [-0.2, 0) is 6.42 Å². The molecule has 0 N–H and O–H groups in total. The number of benzene rings is 2. The van der Waals surface area contributed by atoms with Crippen molar-refractivity contribution in [3.63, 3.8) is 0 Å². The molecular formula is C17H17FO. The van der Waals surface area contributed by atoms with Crippen LogP contribution in [0.2, 0.25) is 0 Å². The molecule has 2 aromatic rings. The van der Waals surface area contributed by atoms with Gasteiger partial charge in [-0.05, 0) is 41.7 Å². The van der Waals surface area contributed by atoms with Crippen LogP contribution in [0.5, 0.6) is 5.75 Å². The second-order valence-corrected chi connectivity index (χ2v) is 4.33. The zero-order chi connectivity index (χ0) is 13.5. The average molecular weight is 256 g/mol. The summed E-state index contributed by atoms with van der Waals surface area (Å²) in [6.45, 7) is 0.